The van der Waals surface area contributed by atoms with Crippen LogP contribution in [0.2, 0.25) is 0 Å². The van der Waals surface area contributed by atoms with Crippen LogP contribution in [-0.4, -0.2) is 6.04 Å². The zero-order valence-electron chi connectivity index (χ0n) is 11.8. The summed E-state index contributed by atoms with van der Waals surface area (Å²) in [5.41, 5.74) is 2.72. The van der Waals surface area contributed by atoms with Crippen molar-refractivity contribution in [2.75, 3.05) is 5.32 Å². The van der Waals surface area contributed by atoms with Gasteiger partial charge in [0.15, 0.2) is 0 Å². The molecule has 0 spiro atoms. The number of nitrogens with one attached hydrogen (secondary N) is 1. The van der Waals surface area contributed by atoms with Gasteiger partial charge in [0, 0.05) is 6.04 Å². The predicted octanol–water partition coefficient (Wildman–Crippen LogP) is 4.71. The predicted molar refractivity (Wildman–Crippen MR) is 78.9 cm³/mol. The minimum absolute atomic E-state index is 0.0758. The number of hydrogen-bond donors (Lipinski definition) is 1. The third-order valence-corrected chi connectivity index (χ3v) is 3.28. The number of halogens is 2. The standard InChI is InChI=1S/C17H19F2N/c1-12-4-3-5-14(10-12)7-6-13(2)20-17-11-15(18)8-9-16(17)19/h3-5,8-11,13,20H,6-7H2,1-2H3. The summed E-state index contributed by atoms with van der Waals surface area (Å²) in [5, 5.41) is 3.02. The number of benzene rings is 2. The highest BCUT2D eigenvalue weighted by Crippen LogP contribution is 2.18. The Morgan fingerprint density at radius 1 is 1.10 bits per heavy atom. The highest BCUT2D eigenvalue weighted by Gasteiger charge is 2.08. The van der Waals surface area contributed by atoms with E-state index < -0.39 is 11.6 Å². The van der Waals surface area contributed by atoms with Crippen LogP contribution in [0.15, 0.2) is 42.5 Å². The molecule has 0 amide bonds. The molecule has 0 aliphatic rings. The second kappa shape index (κ2) is 6.51. The van der Waals surface area contributed by atoms with Crippen LogP contribution >= 0.6 is 0 Å². The molecule has 0 aliphatic carbocycles. The summed E-state index contributed by atoms with van der Waals surface area (Å²) in [4.78, 5) is 0. The summed E-state index contributed by atoms with van der Waals surface area (Å²) in [6.45, 7) is 4.04. The molecule has 0 saturated heterocycles. The van der Waals surface area contributed by atoms with Gasteiger partial charge < -0.3 is 5.32 Å². The molecule has 3 heteroatoms. The van der Waals surface area contributed by atoms with Crippen LogP contribution in [0.25, 0.3) is 0 Å². The molecular weight excluding hydrogens is 256 g/mol. The maximum absolute atomic E-state index is 13.5. The Morgan fingerprint density at radius 3 is 2.65 bits per heavy atom. The monoisotopic (exact) mass is 275 g/mol. The first-order valence-electron chi connectivity index (χ1n) is 6.82. The van der Waals surface area contributed by atoms with E-state index in [2.05, 4.69) is 30.4 Å². The van der Waals surface area contributed by atoms with Crippen molar-refractivity contribution < 1.29 is 8.78 Å². The highest BCUT2D eigenvalue weighted by atomic mass is 19.1. The molecule has 0 heterocycles. The van der Waals surface area contributed by atoms with Gasteiger partial charge in [0.2, 0.25) is 0 Å². The van der Waals surface area contributed by atoms with E-state index in [0.717, 1.165) is 25.0 Å². The highest BCUT2D eigenvalue weighted by molar-refractivity contribution is 5.45. The van der Waals surface area contributed by atoms with Gasteiger partial charge in [-0.25, -0.2) is 8.78 Å². The van der Waals surface area contributed by atoms with Gasteiger partial charge in [-0.2, -0.15) is 0 Å². The number of anilines is 1. The van der Waals surface area contributed by atoms with Crippen molar-refractivity contribution in [3.05, 3.63) is 65.2 Å². The number of rotatable bonds is 5. The molecule has 0 aliphatic heterocycles. The van der Waals surface area contributed by atoms with Gasteiger partial charge in [-0.05, 0) is 50.5 Å². The van der Waals surface area contributed by atoms with Crippen LogP contribution in [0, 0.1) is 18.6 Å². The van der Waals surface area contributed by atoms with Crippen LogP contribution in [0.1, 0.15) is 24.5 Å². The molecule has 1 nitrogen and oxygen atoms in total. The van der Waals surface area contributed by atoms with E-state index in [-0.39, 0.29) is 11.7 Å². The van der Waals surface area contributed by atoms with E-state index >= 15 is 0 Å². The molecule has 2 aromatic carbocycles. The third-order valence-electron chi connectivity index (χ3n) is 3.28. The lowest BCUT2D eigenvalue weighted by Crippen LogP contribution is -2.17. The normalized spacial score (nSPS) is 12.2. The summed E-state index contributed by atoms with van der Waals surface area (Å²) in [6, 6.07) is 11.9. The molecular formula is C17H19F2N. The van der Waals surface area contributed by atoms with Crippen LogP contribution < -0.4 is 5.32 Å². The Balaban J connectivity index is 1.92. The summed E-state index contributed by atoms with van der Waals surface area (Å²) >= 11 is 0. The lowest BCUT2D eigenvalue weighted by Gasteiger charge is -2.16. The van der Waals surface area contributed by atoms with Crippen molar-refractivity contribution >= 4 is 5.69 Å². The lowest BCUT2D eigenvalue weighted by atomic mass is 10.0. The largest absolute Gasteiger partial charge is 0.380 e. The van der Waals surface area contributed by atoms with E-state index in [4.69, 9.17) is 0 Å². The Hall–Kier alpha value is -1.90. The van der Waals surface area contributed by atoms with E-state index in [1.807, 2.05) is 13.0 Å². The molecule has 0 saturated carbocycles. The Labute approximate surface area is 118 Å². The van der Waals surface area contributed by atoms with Crippen LogP contribution in [0.5, 0.6) is 0 Å². The molecule has 0 radical (unpaired) electrons. The smallest absolute Gasteiger partial charge is 0.146 e. The average molecular weight is 275 g/mol. The van der Waals surface area contributed by atoms with Crippen LogP contribution in [-0.2, 0) is 6.42 Å². The molecule has 1 N–H and O–H groups in total. The second-order valence-corrected chi connectivity index (χ2v) is 5.20. The molecule has 0 aromatic heterocycles. The average Bonchev–Trinajstić information content (AvgIpc) is 2.41. The fourth-order valence-electron chi connectivity index (χ4n) is 2.20. The van der Waals surface area contributed by atoms with E-state index in [0.29, 0.717) is 0 Å². The molecule has 2 aromatic rings. The fourth-order valence-corrected chi connectivity index (χ4v) is 2.20. The minimum atomic E-state index is -0.431. The summed E-state index contributed by atoms with van der Waals surface area (Å²) in [7, 11) is 0. The van der Waals surface area contributed by atoms with Gasteiger partial charge in [0.1, 0.15) is 11.6 Å². The maximum Gasteiger partial charge on any atom is 0.146 e. The lowest BCUT2D eigenvalue weighted by molar-refractivity contribution is 0.597. The van der Waals surface area contributed by atoms with E-state index in [9.17, 15) is 8.78 Å². The molecule has 0 bridgehead atoms. The van der Waals surface area contributed by atoms with Gasteiger partial charge in [0.05, 0.1) is 5.69 Å². The van der Waals surface area contributed by atoms with Crippen molar-refractivity contribution in [1.29, 1.82) is 0 Å². The molecule has 0 fully saturated rings. The summed E-state index contributed by atoms with van der Waals surface area (Å²) in [5.74, 6) is -0.853. The maximum atomic E-state index is 13.5. The van der Waals surface area contributed by atoms with Gasteiger partial charge in [-0.15, -0.1) is 0 Å². The Kier molecular flexibility index (Phi) is 4.72. The van der Waals surface area contributed by atoms with Gasteiger partial charge in [0.25, 0.3) is 0 Å². The first-order chi connectivity index (χ1) is 9.54. The molecule has 2 rings (SSSR count). The van der Waals surface area contributed by atoms with Gasteiger partial charge in [-0.1, -0.05) is 29.8 Å². The zero-order chi connectivity index (χ0) is 14.5. The molecule has 106 valence electrons. The zero-order valence-corrected chi connectivity index (χ0v) is 11.8. The summed E-state index contributed by atoms with van der Waals surface area (Å²) in [6.07, 6.45) is 1.77. The van der Waals surface area contributed by atoms with Crippen molar-refractivity contribution in [1.82, 2.24) is 0 Å². The second-order valence-electron chi connectivity index (χ2n) is 5.20. The van der Waals surface area contributed by atoms with Crippen molar-refractivity contribution in [2.24, 2.45) is 0 Å². The Morgan fingerprint density at radius 2 is 1.90 bits per heavy atom. The third kappa shape index (κ3) is 4.05. The fraction of sp³-hybridized carbons (Fsp3) is 0.294. The quantitative estimate of drug-likeness (QED) is 0.833. The molecule has 1 atom stereocenters. The van der Waals surface area contributed by atoms with Gasteiger partial charge in [-0.3, -0.25) is 0 Å². The van der Waals surface area contributed by atoms with E-state index in [1.165, 1.54) is 17.2 Å². The topological polar surface area (TPSA) is 12.0 Å². The molecule has 20 heavy (non-hydrogen) atoms. The van der Waals surface area contributed by atoms with Crippen molar-refractivity contribution in [3.8, 4) is 0 Å². The van der Waals surface area contributed by atoms with E-state index in [1.54, 1.807) is 0 Å². The van der Waals surface area contributed by atoms with Crippen molar-refractivity contribution in [2.45, 2.75) is 32.7 Å². The first kappa shape index (κ1) is 14.5. The number of hydrogen-bond acceptors (Lipinski definition) is 1. The molecule has 1 unspecified atom stereocenters. The SMILES string of the molecule is Cc1cccc(CCC(C)Nc2cc(F)ccc2F)c1. The Bertz CT molecular complexity index is 581. The summed E-state index contributed by atoms with van der Waals surface area (Å²) < 4.78 is 26.6. The van der Waals surface area contributed by atoms with Crippen LogP contribution in [0.3, 0.4) is 0 Å². The van der Waals surface area contributed by atoms with Crippen LogP contribution in [0.4, 0.5) is 14.5 Å². The minimum Gasteiger partial charge on any atom is -0.380 e. The van der Waals surface area contributed by atoms with Gasteiger partial charge >= 0.3 is 0 Å². The van der Waals surface area contributed by atoms with Crippen molar-refractivity contribution in [3.63, 3.8) is 0 Å². The first-order valence-corrected chi connectivity index (χ1v) is 6.82. The number of aryl methyl sites for hydroxylation is 2.